The van der Waals surface area contributed by atoms with Gasteiger partial charge in [0.2, 0.25) is 0 Å². The van der Waals surface area contributed by atoms with Crippen LogP contribution in [0.4, 0.5) is 10.1 Å². The Bertz CT molecular complexity index is 584. The lowest BCUT2D eigenvalue weighted by molar-refractivity contribution is 0.399. The van der Waals surface area contributed by atoms with Gasteiger partial charge in [-0.1, -0.05) is 36.0 Å². The third kappa shape index (κ3) is 3.74. The van der Waals surface area contributed by atoms with E-state index in [1.807, 2.05) is 32.3 Å². The van der Waals surface area contributed by atoms with Crippen molar-refractivity contribution < 1.29 is 4.39 Å². The molecule has 0 saturated carbocycles. The van der Waals surface area contributed by atoms with E-state index in [9.17, 15) is 4.39 Å². The van der Waals surface area contributed by atoms with Gasteiger partial charge in [-0.05, 0) is 43.4 Å². The van der Waals surface area contributed by atoms with Crippen molar-refractivity contribution in [2.75, 3.05) is 19.8 Å². The highest BCUT2D eigenvalue weighted by atomic mass is 32.2. The second-order valence-corrected chi connectivity index (χ2v) is 6.04. The number of hydrogen-bond donors (Lipinski definition) is 1. The fraction of sp³-hybridized carbons (Fsp3) is 0.250. The number of hydrogen-bond acceptors (Lipinski definition) is 3. The minimum atomic E-state index is -0.480. The Hall–Kier alpha value is -1.52. The summed E-state index contributed by atoms with van der Waals surface area (Å²) in [7, 11) is 4.09. The van der Waals surface area contributed by atoms with Crippen molar-refractivity contribution in [3.05, 3.63) is 53.6 Å². The molecule has 20 heavy (non-hydrogen) atoms. The van der Waals surface area contributed by atoms with Gasteiger partial charge in [-0.2, -0.15) is 0 Å². The Morgan fingerprint density at radius 2 is 1.85 bits per heavy atom. The monoisotopic (exact) mass is 289 g/mol. The number of benzene rings is 2. The van der Waals surface area contributed by atoms with E-state index < -0.39 is 6.67 Å². The van der Waals surface area contributed by atoms with E-state index in [0.717, 1.165) is 11.4 Å². The number of nitrogens with two attached hydrogens (primary N) is 1. The molecule has 2 N–H and O–H groups in total. The third-order valence-electron chi connectivity index (χ3n) is 2.91. The third-order valence-corrected chi connectivity index (χ3v) is 4.12. The molecule has 0 saturated heterocycles. The first kappa shape index (κ1) is 14.9. The van der Waals surface area contributed by atoms with Crippen molar-refractivity contribution in [2.45, 2.75) is 23.0 Å². The molecule has 4 heteroatoms. The average molecular weight is 289 g/mol. The van der Waals surface area contributed by atoms with Crippen molar-refractivity contribution in [1.82, 2.24) is 4.90 Å². The van der Waals surface area contributed by atoms with Crippen LogP contribution in [-0.2, 0) is 13.2 Å². The van der Waals surface area contributed by atoms with Gasteiger partial charge in [-0.25, -0.2) is 4.39 Å². The minimum absolute atomic E-state index is 0.480. The maximum Gasteiger partial charge on any atom is 0.115 e. The summed E-state index contributed by atoms with van der Waals surface area (Å²) >= 11 is 1.63. The number of rotatable bonds is 5. The van der Waals surface area contributed by atoms with Crippen LogP contribution in [0.5, 0.6) is 0 Å². The van der Waals surface area contributed by atoms with Crippen molar-refractivity contribution in [3.8, 4) is 0 Å². The van der Waals surface area contributed by atoms with E-state index in [1.165, 1.54) is 10.5 Å². The van der Waals surface area contributed by atoms with Crippen LogP contribution >= 0.6 is 11.8 Å². The molecule has 2 rings (SSSR count). The molecule has 0 aliphatic rings. The summed E-state index contributed by atoms with van der Waals surface area (Å²) in [5, 5.41) is 0. The summed E-state index contributed by atoms with van der Waals surface area (Å²) in [5.41, 5.74) is 8.51. The summed E-state index contributed by atoms with van der Waals surface area (Å²) in [6.45, 7) is 0.401. The topological polar surface area (TPSA) is 29.3 Å². The average Bonchev–Trinajstić information content (AvgIpc) is 2.42. The van der Waals surface area contributed by atoms with E-state index in [1.54, 1.807) is 23.9 Å². The van der Waals surface area contributed by atoms with Gasteiger partial charge in [0.05, 0.1) is 0 Å². The smallest absolute Gasteiger partial charge is 0.115 e. The Kier molecular flexibility index (Phi) is 5.04. The molecule has 0 radical (unpaired) electrons. The zero-order valence-corrected chi connectivity index (χ0v) is 12.6. The number of anilines is 1. The standard InChI is InChI=1S/C16H19FN2S/c1-19(2)11-13-5-3-4-6-15(13)20-16-8-7-12(10-17)9-14(16)18/h3-9H,10-11,18H2,1-2H3/i17-1. The molecule has 0 unspecified atom stereocenters. The Balaban J connectivity index is 2.26. The van der Waals surface area contributed by atoms with Crippen LogP contribution in [0.15, 0.2) is 52.3 Å². The minimum Gasteiger partial charge on any atom is -0.398 e. The van der Waals surface area contributed by atoms with Crippen LogP contribution in [0.3, 0.4) is 0 Å². The number of halogens is 1. The molecule has 0 fully saturated rings. The van der Waals surface area contributed by atoms with Gasteiger partial charge >= 0.3 is 0 Å². The fourth-order valence-corrected chi connectivity index (χ4v) is 2.93. The predicted octanol–water partition coefficient (Wildman–Crippen LogP) is 3.95. The molecule has 0 atom stereocenters. The summed E-state index contributed by atoms with van der Waals surface area (Å²) in [5.74, 6) is 0. The number of alkyl halides is 1. The Morgan fingerprint density at radius 3 is 2.50 bits per heavy atom. The highest BCUT2D eigenvalue weighted by molar-refractivity contribution is 7.99. The maximum absolute atomic E-state index is 12.6. The second-order valence-electron chi connectivity index (χ2n) is 4.95. The molecule has 0 aliphatic heterocycles. The molecule has 2 nitrogen and oxygen atoms in total. The van der Waals surface area contributed by atoms with E-state index in [-0.39, 0.29) is 0 Å². The summed E-state index contributed by atoms with van der Waals surface area (Å²) in [6, 6.07) is 13.7. The lowest BCUT2D eigenvalue weighted by atomic mass is 10.2. The Morgan fingerprint density at radius 1 is 1.10 bits per heavy atom. The van der Waals surface area contributed by atoms with E-state index in [2.05, 4.69) is 17.0 Å². The highest BCUT2D eigenvalue weighted by Crippen LogP contribution is 2.35. The lowest BCUT2D eigenvalue weighted by Crippen LogP contribution is -2.11. The first-order valence-corrected chi connectivity index (χ1v) is 7.26. The normalized spacial score (nSPS) is 11.0. The van der Waals surface area contributed by atoms with E-state index in [4.69, 9.17) is 5.73 Å². The highest BCUT2D eigenvalue weighted by Gasteiger charge is 2.08. The molecule has 0 spiro atoms. The van der Waals surface area contributed by atoms with Gasteiger partial charge in [-0.15, -0.1) is 0 Å². The van der Waals surface area contributed by atoms with Crippen molar-refractivity contribution >= 4 is 17.4 Å². The van der Waals surface area contributed by atoms with Crippen LogP contribution in [0.2, 0.25) is 0 Å². The van der Waals surface area contributed by atoms with Gasteiger partial charge in [0.1, 0.15) is 6.67 Å². The zero-order valence-electron chi connectivity index (χ0n) is 11.8. The molecule has 0 amide bonds. The van der Waals surface area contributed by atoms with Crippen molar-refractivity contribution in [1.29, 1.82) is 0 Å². The molecule has 2 aromatic rings. The van der Waals surface area contributed by atoms with E-state index in [0.29, 0.717) is 11.3 Å². The maximum atomic E-state index is 12.6. The summed E-state index contributed by atoms with van der Waals surface area (Å²) in [6.07, 6.45) is 0. The number of nitrogens with zero attached hydrogens (tertiary/aromatic N) is 1. The lowest BCUT2D eigenvalue weighted by Gasteiger charge is -2.14. The molecule has 106 valence electrons. The second kappa shape index (κ2) is 6.77. The first-order valence-electron chi connectivity index (χ1n) is 6.45. The molecular weight excluding hydrogens is 270 g/mol. The predicted molar refractivity (Wildman–Crippen MR) is 83.6 cm³/mol. The Labute approximate surface area is 123 Å². The van der Waals surface area contributed by atoms with Gasteiger partial charge in [0, 0.05) is 22.0 Å². The molecular formula is C16H19FN2S. The van der Waals surface area contributed by atoms with Crippen LogP contribution in [-0.4, -0.2) is 19.0 Å². The summed E-state index contributed by atoms with van der Waals surface area (Å²) < 4.78 is 12.6. The molecule has 0 aromatic heterocycles. The fourth-order valence-electron chi connectivity index (χ4n) is 1.97. The van der Waals surface area contributed by atoms with Crippen molar-refractivity contribution in [2.24, 2.45) is 0 Å². The van der Waals surface area contributed by atoms with Gasteiger partial charge in [-0.3, -0.25) is 0 Å². The largest absolute Gasteiger partial charge is 0.398 e. The van der Waals surface area contributed by atoms with Gasteiger partial charge < -0.3 is 10.6 Å². The first-order chi connectivity index (χ1) is 9.60. The molecule has 2 aromatic carbocycles. The molecule has 0 bridgehead atoms. The van der Waals surface area contributed by atoms with Gasteiger partial charge in [0.25, 0.3) is 0 Å². The quantitative estimate of drug-likeness (QED) is 0.845. The van der Waals surface area contributed by atoms with Crippen LogP contribution in [0, 0.1) is 0 Å². The summed E-state index contributed by atoms with van der Waals surface area (Å²) in [4.78, 5) is 4.28. The molecule has 0 heterocycles. The number of nitrogen functional groups attached to an aromatic ring is 1. The zero-order chi connectivity index (χ0) is 14.5. The van der Waals surface area contributed by atoms with Crippen LogP contribution in [0.25, 0.3) is 0 Å². The SMILES string of the molecule is CN(C)Cc1ccccc1Sc1ccc(C[18F])cc1N. The van der Waals surface area contributed by atoms with Crippen LogP contribution in [0.1, 0.15) is 11.1 Å². The van der Waals surface area contributed by atoms with Crippen LogP contribution < -0.4 is 5.73 Å². The van der Waals surface area contributed by atoms with Crippen molar-refractivity contribution in [3.63, 3.8) is 0 Å². The van der Waals surface area contributed by atoms with Gasteiger partial charge in [0.15, 0.2) is 0 Å². The molecule has 0 aliphatic carbocycles. The van der Waals surface area contributed by atoms with E-state index >= 15 is 0 Å².